The van der Waals surface area contributed by atoms with Crippen molar-refractivity contribution in [3.8, 4) is 11.4 Å². The number of nitrogens with one attached hydrogen (secondary N) is 1. The molecule has 7 heteroatoms. The average Bonchev–Trinajstić information content (AvgIpc) is 2.98. The lowest BCUT2D eigenvalue weighted by molar-refractivity contribution is 0.0698. The summed E-state index contributed by atoms with van der Waals surface area (Å²) in [7, 11) is 0. The fourth-order valence-corrected chi connectivity index (χ4v) is 2.86. The van der Waals surface area contributed by atoms with Gasteiger partial charge in [-0.25, -0.2) is 4.79 Å². The maximum Gasteiger partial charge on any atom is 0.337 e. The van der Waals surface area contributed by atoms with E-state index in [9.17, 15) is 9.90 Å². The Morgan fingerprint density at radius 3 is 2.68 bits per heavy atom. The highest BCUT2D eigenvalue weighted by Crippen LogP contribution is 2.27. The number of nitrogens with zero attached hydrogens (tertiary/aromatic N) is 2. The van der Waals surface area contributed by atoms with E-state index in [-0.39, 0.29) is 5.56 Å². The lowest BCUT2D eigenvalue weighted by Crippen LogP contribution is -2.02. The second kappa shape index (κ2) is 6.25. The van der Waals surface area contributed by atoms with Gasteiger partial charge in [-0.2, -0.15) is 9.36 Å². The van der Waals surface area contributed by atoms with E-state index >= 15 is 0 Å². The van der Waals surface area contributed by atoms with Gasteiger partial charge in [-0.3, -0.25) is 0 Å². The molecule has 2 aromatic carbocycles. The lowest BCUT2D eigenvalue weighted by atomic mass is 10.2. The summed E-state index contributed by atoms with van der Waals surface area (Å²) in [5.74, 6) is -0.390. The van der Waals surface area contributed by atoms with E-state index in [1.54, 1.807) is 18.2 Å². The van der Waals surface area contributed by atoms with Crippen molar-refractivity contribution in [2.75, 3.05) is 5.32 Å². The second-order valence-corrected chi connectivity index (χ2v) is 6.08. The summed E-state index contributed by atoms with van der Waals surface area (Å²) in [4.78, 5) is 15.7. The molecule has 0 bridgehead atoms. The van der Waals surface area contributed by atoms with E-state index in [1.807, 2.05) is 30.3 Å². The van der Waals surface area contributed by atoms with Crippen LogP contribution in [0.15, 0.2) is 53.0 Å². The summed E-state index contributed by atoms with van der Waals surface area (Å²) in [6.45, 7) is 0. The fourth-order valence-electron chi connectivity index (χ4n) is 1.90. The van der Waals surface area contributed by atoms with E-state index in [1.165, 1.54) is 11.5 Å². The Hall–Kier alpha value is -2.25. The number of rotatable bonds is 4. The van der Waals surface area contributed by atoms with Gasteiger partial charge in [0.05, 0.1) is 11.3 Å². The molecule has 0 aliphatic rings. The number of halogens is 1. The van der Waals surface area contributed by atoms with Gasteiger partial charge >= 0.3 is 5.97 Å². The van der Waals surface area contributed by atoms with Crippen LogP contribution < -0.4 is 5.32 Å². The molecule has 0 spiro atoms. The minimum atomic E-state index is -1.00. The number of carboxylic acids is 1. The number of hydrogen-bond acceptors (Lipinski definition) is 5. The average molecular weight is 376 g/mol. The van der Waals surface area contributed by atoms with Crippen LogP contribution in [0.5, 0.6) is 0 Å². The van der Waals surface area contributed by atoms with Crippen LogP contribution in [0.1, 0.15) is 10.4 Å². The largest absolute Gasteiger partial charge is 0.478 e. The van der Waals surface area contributed by atoms with Crippen molar-refractivity contribution in [2.45, 2.75) is 0 Å². The molecule has 0 radical (unpaired) electrons. The van der Waals surface area contributed by atoms with E-state index in [0.717, 1.165) is 5.56 Å². The number of anilines is 2. The first kappa shape index (κ1) is 14.7. The quantitative estimate of drug-likeness (QED) is 0.706. The number of aromatic nitrogens is 2. The molecule has 22 heavy (non-hydrogen) atoms. The molecule has 2 N–H and O–H groups in total. The Kier molecular flexibility index (Phi) is 4.17. The zero-order chi connectivity index (χ0) is 15.5. The third-order valence-electron chi connectivity index (χ3n) is 2.91. The molecule has 1 aromatic heterocycles. The van der Waals surface area contributed by atoms with E-state index in [0.29, 0.717) is 21.1 Å². The number of aromatic carboxylic acids is 1. The van der Waals surface area contributed by atoms with Crippen molar-refractivity contribution in [2.24, 2.45) is 0 Å². The van der Waals surface area contributed by atoms with Crippen LogP contribution in [-0.2, 0) is 0 Å². The molecule has 0 aliphatic heterocycles. The Labute approximate surface area is 139 Å². The highest BCUT2D eigenvalue weighted by Gasteiger charge is 2.13. The van der Waals surface area contributed by atoms with Crippen LogP contribution in [0.2, 0.25) is 0 Å². The van der Waals surface area contributed by atoms with Gasteiger partial charge in [-0.05, 0) is 18.2 Å². The minimum Gasteiger partial charge on any atom is -0.478 e. The van der Waals surface area contributed by atoms with Gasteiger partial charge < -0.3 is 10.4 Å². The van der Waals surface area contributed by atoms with E-state index in [4.69, 9.17) is 0 Å². The smallest absolute Gasteiger partial charge is 0.337 e. The zero-order valence-electron chi connectivity index (χ0n) is 11.2. The number of benzene rings is 2. The summed E-state index contributed by atoms with van der Waals surface area (Å²) in [5, 5.41) is 12.8. The van der Waals surface area contributed by atoms with Crippen LogP contribution in [0, 0.1) is 0 Å². The summed E-state index contributed by atoms with van der Waals surface area (Å²) in [5.41, 5.74) is 1.57. The molecule has 3 aromatic rings. The molecule has 0 saturated carbocycles. The van der Waals surface area contributed by atoms with Crippen molar-refractivity contribution in [1.82, 2.24) is 9.36 Å². The van der Waals surface area contributed by atoms with Crippen molar-refractivity contribution in [1.29, 1.82) is 0 Å². The van der Waals surface area contributed by atoms with Gasteiger partial charge in [-0.15, -0.1) is 0 Å². The first-order valence-electron chi connectivity index (χ1n) is 6.32. The number of hydrogen-bond donors (Lipinski definition) is 2. The molecule has 3 rings (SSSR count). The third kappa shape index (κ3) is 3.15. The summed E-state index contributed by atoms with van der Waals surface area (Å²) in [6.07, 6.45) is 0. The monoisotopic (exact) mass is 375 g/mol. The maximum absolute atomic E-state index is 11.3. The molecule has 5 nitrogen and oxygen atoms in total. The van der Waals surface area contributed by atoms with Gasteiger partial charge in [0.15, 0.2) is 5.82 Å². The van der Waals surface area contributed by atoms with Gasteiger partial charge in [0, 0.05) is 21.6 Å². The topological polar surface area (TPSA) is 75.1 Å². The summed E-state index contributed by atoms with van der Waals surface area (Å²) >= 11 is 4.46. The van der Waals surface area contributed by atoms with Crippen molar-refractivity contribution in [3.05, 3.63) is 58.6 Å². The van der Waals surface area contributed by atoms with Crippen LogP contribution in [-0.4, -0.2) is 20.4 Å². The maximum atomic E-state index is 11.3. The van der Waals surface area contributed by atoms with E-state index < -0.39 is 5.97 Å². The zero-order valence-corrected chi connectivity index (χ0v) is 13.6. The predicted molar refractivity (Wildman–Crippen MR) is 89.7 cm³/mol. The number of carbonyl (C=O) groups is 1. The fraction of sp³-hybridized carbons (Fsp3) is 0. The normalized spacial score (nSPS) is 10.4. The van der Waals surface area contributed by atoms with E-state index in [2.05, 4.69) is 30.6 Å². The van der Waals surface area contributed by atoms with Crippen molar-refractivity contribution in [3.63, 3.8) is 0 Å². The molecule has 0 fully saturated rings. The van der Waals surface area contributed by atoms with Gasteiger partial charge in [0.1, 0.15) is 0 Å². The van der Waals surface area contributed by atoms with Gasteiger partial charge in [0.2, 0.25) is 5.13 Å². The Morgan fingerprint density at radius 2 is 1.95 bits per heavy atom. The SMILES string of the molecule is O=C(O)c1cc(Br)ccc1Nc1nc(-c2ccccc2)ns1. The van der Waals surface area contributed by atoms with Gasteiger partial charge in [0.25, 0.3) is 0 Å². The Bertz CT molecular complexity index is 821. The van der Waals surface area contributed by atoms with Crippen molar-refractivity contribution >= 4 is 44.3 Å². The molecule has 0 amide bonds. The molecular formula is C15H10BrN3O2S. The molecular weight excluding hydrogens is 366 g/mol. The van der Waals surface area contributed by atoms with Gasteiger partial charge in [-0.1, -0.05) is 46.3 Å². The summed E-state index contributed by atoms with van der Waals surface area (Å²) < 4.78 is 4.99. The third-order valence-corrected chi connectivity index (χ3v) is 4.04. The van der Waals surface area contributed by atoms with Crippen LogP contribution in [0.3, 0.4) is 0 Å². The first-order valence-corrected chi connectivity index (χ1v) is 7.89. The first-order chi connectivity index (χ1) is 10.6. The predicted octanol–water partition coefficient (Wildman–Crippen LogP) is 4.41. The molecule has 110 valence electrons. The molecule has 0 unspecified atom stereocenters. The molecule has 1 heterocycles. The highest BCUT2D eigenvalue weighted by atomic mass is 79.9. The molecule has 0 atom stereocenters. The Balaban J connectivity index is 1.89. The number of carboxylic acid groups (broad SMARTS) is 1. The van der Waals surface area contributed by atoms with Crippen LogP contribution >= 0.6 is 27.5 Å². The van der Waals surface area contributed by atoms with Crippen LogP contribution in [0.25, 0.3) is 11.4 Å². The Morgan fingerprint density at radius 1 is 1.18 bits per heavy atom. The lowest BCUT2D eigenvalue weighted by Gasteiger charge is -2.06. The summed E-state index contributed by atoms with van der Waals surface area (Å²) in [6, 6.07) is 14.6. The second-order valence-electron chi connectivity index (χ2n) is 4.41. The minimum absolute atomic E-state index is 0.172. The molecule has 0 aliphatic carbocycles. The van der Waals surface area contributed by atoms with Crippen molar-refractivity contribution < 1.29 is 9.90 Å². The molecule has 0 saturated heterocycles. The highest BCUT2D eigenvalue weighted by molar-refractivity contribution is 9.10. The van der Waals surface area contributed by atoms with Crippen LogP contribution in [0.4, 0.5) is 10.8 Å². The standard InChI is InChI=1S/C15H10BrN3O2S/c16-10-6-7-12(11(8-10)14(20)21)17-15-18-13(19-22-15)9-4-2-1-3-5-9/h1-8H,(H,20,21)(H,17,18,19).